The fraction of sp³-hybridized carbons (Fsp3) is 0.571. The molecular weight excluding hydrogens is 180 g/mol. The molecule has 0 aromatic carbocycles. The van der Waals surface area contributed by atoms with Gasteiger partial charge in [0.1, 0.15) is 0 Å². The zero-order chi connectivity index (χ0) is 7.78. The molecule has 1 heterocycles. The first-order valence-electron chi connectivity index (χ1n) is 3.21. The van der Waals surface area contributed by atoms with Crippen molar-refractivity contribution in [2.24, 2.45) is 0 Å². The molecule has 0 bridgehead atoms. The first-order chi connectivity index (χ1) is 4.50. The van der Waals surface area contributed by atoms with Crippen LogP contribution in [0.4, 0.5) is 5.13 Å². The zero-order valence-corrected chi connectivity index (χ0v) is 8.55. The molecule has 4 heteroatoms. The van der Waals surface area contributed by atoms with E-state index in [-0.39, 0.29) is 17.8 Å². The highest BCUT2D eigenvalue weighted by atomic mass is 35.5. The Morgan fingerprint density at radius 3 is 2.18 bits per heavy atom. The molecule has 1 rings (SSSR count). The van der Waals surface area contributed by atoms with Crippen molar-refractivity contribution < 1.29 is 0 Å². The lowest BCUT2D eigenvalue weighted by atomic mass is 9.93. The Morgan fingerprint density at radius 2 is 2.00 bits per heavy atom. The molecule has 2 nitrogen and oxygen atoms in total. The number of thiazole rings is 1. The van der Waals surface area contributed by atoms with Gasteiger partial charge in [-0.2, -0.15) is 0 Å². The van der Waals surface area contributed by atoms with E-state index in [2.05, 4.69) is 25.8 Å². The van der Waals surface area contributed by atoms with E-state index in [4.69, 9.17) is 5.73 Å². The summed E-state index contributed by atoms with van der Waals surface area (Å²) in [5.41, 5.74) is 6.69. The summed E-state index contributed by atoms with van der Waals surface area (Å²) < 4.78 is 0. The van der Waals surface area contributed by atoms with Crippen molar-refractivity contribution in [1.29, 1.82) is 0 Å². The van der Waals surface area contributed by atoms with Crippen molar-refractivity contribution in [2.45, 2.75) is 26.2 Å². The quantitative estimate of drug-likeness (QED) is 0.686. The largest absolute Gasteiger partial charge is 0.375 e. The van der Waals surface area contributed by atoms with Gasteiger partial charge in [-0.25, -0.2) is 4.98 Å². The molecule has 0 aliphatic rings. The highest BCUT2D eigenvalue weighted by Gasteiger charge is 2.16. The molecule has 0 saturated heterocycles. The van der Waals surface area contributed by atoms with E-state index in [1.807, 2.05) is 5.38 Å². The highest BCUT2D eigenvalue weighted by Crippen LogP contribution is 2.24. The molecule has 64 valence electrons. The molecule has 0 aliphatic carbocycles. The van der Waals surface area contributed by atoms with E-state index >= 15 is 0 Å². The predicted octanol–water partition coefficient (Wildman–Crippen LogP) is 2.44. The summed E-state index contributed by atoms with van der Waals surface area (Å²) in [6.07, 6.45) is 0. The van der Waals surface area contributed by atoms with Crippen LogP contribution in [-0.4, -0.2) is 4.98 Å². The summed E-state index contributed by atoms with van der Waals surface area (Å²) in [5, 5.41) is 2.67. The number of halogens is 1. The van der Waals surface area contributed by atoms with E-state index in [1.165, 1.54) is 11.3 Å². The Hall–Kier alpha value is -0.280. The molecule has 0 unspecified atom stereocenters. The maximum absolute atomic E-state index is 5.48. The van der Waals surface area contributed by atoms with Gasteiger partial charge < -0.3 is 5.73 Å². The summed E-state index contributed by atoms with van der Waals surface area (Å²) in [6, 6.07) is 0. The molecule has 0 saturated carbocycles. The molecule has 0 radical (unpaired) electrons. The summed E-state index contributed by atoms with van der Waals surface area (Å²) in [7, 11) is 0. The number of nitrogens with zero attached hydrogens (tertiary/aromatic N) is 1. The topological polar surface area (TPSA) is 38.9 Å². The second-order valence-corrected chi connectivity index (χ2v) is 4.21. The Balaban J connectivity index is 0.000001000. The van der Waals surface area contributed by atoms with Gasteiger partial charge in [-0.05, 0) is 0 Å². The monoisotopic (exact) mass is 192 g/mol. The van der Waals surface area contributed by atoms with Gasteiger partial charge in [0.05, 0.1) is 5.69 Å². The van der Waals surface area contributed by atoms with E-state index in [0.717, 1.165) is 5.69 Å². The van der Waals surface area contributed by atoms with Crippen molar-refractivity contribution in [1.82, 2.24) is 4.98 Å². The van der Waals surface area contributed by atoms with Crippen LogP contribution in [-0.2, 0) is 5.41 Å². The molecule has 0 spiro atoms. The molecule has 0 atom stereocenters. The van der Waals surface area contributed by atoms with Crippen LogP contribution >= 0.6 is 23.7 Å². The minimum atomic E-state index is 0. The maximum Gasteiger partial charge on any atom is 0.180 e. The van der Waals surface area contributed by atoms with Crippen LogP contribution in [0.1, 0.15) is 26.5 Å². The van der Waals surface area contributed by atoms with Crippen LogP contribution in [0.3, 0.4) is 0 Å². The average molecular weight is 193 g/mol. The van der Waals surface area contributed by atoms with E-state index in [1.54, 1.807) is 0 Å². The smallest absolute Gasteiger partial charge is 0.180 e. The Labute approximate surface area is 77.2 Å². The van der Waals surface area contributed by atoms with Gasteiger partial charge in [-0.15, -0.1) is 23.7 Å². The molecule has 1 aromatic heterocycles. The molecular formula is C7H13ClN2S. The number of nitrogen functional groups attached to an aromatic ring is 1. The average Bonchev–Trinajstić information content (AvgIpc) is 2.11. The molecule has 11 heavy (non-hydrogen) atoms. The third-order valence-electron chi connectivity index (χ3n) is 1.29. The molecule has 0 amide bonds. The number of hydrogen-bond donors (Lipinski definition) is 1. The highest BCUT2D eigenvalue weighted by molar-refractivity contribution is 7.13. The lowest BCUT2D eigenvalue weighted by Gasteiger charge is -2.13. The number of aromatic nitrogens is 1. The van der Waals surface area contributed by atoms with E-state index in [9.17, 15) is 0 Å². The van der Waals surface area contributed by atoms with E-state index < -0.39 is 0 Å². The van der Waals surface area contributed by atoms with Crippen LogP contribution in [0.5, 0.6) is 0 Å². The van der Waals surface area contributed by atoms with Gasteiger partial charge in [0.2, 0.25) is 0 Å². The number of nitrogens with two attached hydrogens (primary N) is 1. The standard InChI is InChI=1S/C7H12N2S.ClH/c1-7(2,3)5-4-10-6(8)9-5;/h4H,1-3H3,(H2,8,9);1H. The number of rotatable bonds is 0. The lowest BCUT2D eigenvalue weighted by molar-refractivity contribution is 0.574. The molecule has 1 aromatic rings. The summed E-state index contributed by atoms with van der Waals surface area (Å²) in [6.45, 7) is 6.38. The van der Waals surface area contributed by atoms with Gasteiger partial charge >= 0.3 is 0 Å². The van der Waals surface area contributed by atoms with Crippen molar-refractivity contribution in [3.05, 3.63) is 11.1 Å². The van der Waals surface area contributed by atoms with Gasteiger partial charge in [-0.3, -0.25) is 0 Å². The zero-order valence-electron chi connectivity index (χ0n) is 6.92. The van der Waals surface area contributed by atoms with Gasteiger partial charge in [-0.1, -0.05) is 20.8 Å². The van der Waals surface area contributed by atoms with Crippen LogP contribution in [0, 0.1) is 0 Å². The van der Waals surface area contributed by atoms with Gasteiger partial charge in [0.25, 0.3) is 0 Å². The minimum Gasteiger partial charge on any atom is -0.375 e. The van der Waals surface area contributed by atoms with Gasteiger partial charge in [0.15, 0.2) is 5.13 Å². The third-order valence-corrected chi connectivity index (χ3v) is 1.96. The fourth-order valence-corrected chi connectivity index (χ4v) is 1.42. The van der Waals surface area contributed by atoms with Crippen LogP contribution in [0.2, 0.25) is 0 Å². The van der Waals surface area contributed by atoms with Crippen molar-refractivity contribution in [3.63, 3.8) is 0 Å². The molecule has 2 N–H and O–H groups in total. The first kappa shape index (κ1) is 10.7. The number of hydrogen-bond acceptors (Lipinski definition) is 3. The van der Waals surface area contributed by atoms with Crippen LogP contribution < -0.4 is 5.73 Å². The molecule has 0 aliphatic heterocycles. The maximum atomic E-state index is 5.48. The number of anilines is 1. The summed E-state index contributed by atoms with van der Waals surface area (Å²) >= 11 is 1.50. The van der Waals surface area contributed by atoms with Crippen LogP contribution in [0.15, 0.2) is 5.38 Å². The van der Waals surface area contributed by atoms with E-state index in [0.29, 0.717) is 5.13 Å². The van der Waals surface area contributed by atoms with Crippen molar-refractivity contribution >= 4 is 28.9 Å². The third kappa shape index (κ3) is 2.67. The van der Waals surface area contributed by atoms with Gasteiger partial charge in [0, 0.05) is 10.8 Å². The normalized spacial score (nSPS) is 10.8. The first-order valence-corrected chi connectivity index (χ1v) is 4.09. The predicted molar refractivity (Wildman–Crippen MR) is 52.5 cm³/mol. The van der Waals surface area contributed by atoms with Crippen molar-refractivity contribution in [2.75, 3.05) is 5.73 Å². The summed E-state index contributed by atoms with van der Waals surface area (Å²) in [4.78, 5) is 4.18. The van der Waals surface area contributed by atoms with Crippen molar-refractivity contribution in [3.8, 4) is 0 Å². The summed E-state index contributed by atoms with van der Waals surface area (Å²) in [5.74, 6) is 0. The SMILES string of the molecule is CC(C)(C)c1csc(N)n1.Cl. The minimum absolute atomic E-state index is 0. The van der Waals surface area contributed by atoms with Crippen LogP contribution in [0.25, 0.3) is 0 Å². The second kappa shape index (κ2) is 3.41. The molecule has 0 fully saturated rings. The fourth-order valence-electron chi connectivity index (χ4n) is 0.632. The Kier molecular flexibility index (Phi) is 3.32. The lowest BCUT2D eigenvalue weighted by Crippen LogP contribution is -2.11. The Bertz CT molecular complexity index is 227. The second-order valence-electron chi connectivity index (χ2n) is 3.32. The Morgan fingerprint density at radius 1 is 1.45 bits per heavy atom.